The molecule has 126 valence electrons. The van der Waals surface area contributed by atoms with Gasteiger partial charge in [-0.3, -0.25) is 4.79 Å². The van der Waals surface area contributed by atoms with Crippen LogP contribution < -0.4 is 15.4 Å². The maximum absolute atomic E-state index is 12.3. The van der Waals surface area contributed by atoms with Crippen molar-refractivity contribution in [1.29, 1.82) is 0 Å². The molecule has 3 amide bonds. The van der Waals surface area contributed by atoms with E-state index in [4.69, 9.17) is 5.73 Å². The minimum absolute atomic E-state index is 0.00795. The molecule has 0 aliphatic heterocycles. The maximum Gasteiger partial charge on any atom is 0.336 e. The SMILES string of the molecule is CC(C)(C)c1cccc(NC(=O)N(S)c2ccc(C(N)=O)cc2)c1. The first-order chi connectivity index (χ1) is 11.2. The third-order valence-corrected chi connectivity index (χ3v) is 3.98. The number of hydrogen-bond donors (Lipinski definition) is 3. The number of carbonyl (C=O) groups excluding carboxylic acids is 2. The van der Waals surface area contributed by atoms with Crippen LogP contribution in [-0.2, 0) is 5.41 Å². The van der Waals surface area contributed by atoms with Crippen LogP contribution in [0.2, 0.25) is 0 Å². The van der Waals surface area contributed by atoms with Crippen LogP contribution in [0.5, 0.6) is 0 Å². The second-order valence-electron chi connectivity index (χ2n) is 6.48. The predicted molar refractivity (Wildman–Crippen MR) is 101 cm³/mol. The molecule has 0 unspecified atom stereocenters. The number of carbonyl (C=O) groups is 2. The molecule has 5 nitrogen and oxygen atoms in total. The van der Waals surface area contributed by atoms with Crippen molar-refractivity contribution in [2.75, 3.05) is 9.62 Å². The zero-order valence-electron chi connectivity index (χ0n) is 13.9. The molecule has 0 aliphatic carbocycles. The van der Waals surface area contributed by atoms with E-state index in [2.05, 4.69) is 38.9 Å². The number of nitrogens with one attached hydrogen (secondary N) is 1. The molecule has 0 aliphatic rings. The van der Waals surface area contributed by atoms with E-state index in [-0.39, 0.29) is 5.41 Å². The first-order valence-electron chi connectivity index (χ1n) is 7.49. The standard InChI is InChI=1S/C18H21N3O2S/c1-18(2,3)13-5-4-6-14(11-13)20-17(23)21(24)15-9-7-12(8-10-15)16(19)22/h4-11,24H,1-3H3,(H2,19,22)(H,20,23). The van der Waals surface area contributed by atoms with Gasteiger partial charge in [-0.25, -0.2) is 9.10 Å². The Morgan fingerprint density at radius 1 is 1.08 bits per heavy atom. The Labute approximate surface area is 147 Å². The summed E-state index contributed by atoms with van der Waals surface area (Å²) in [5, 5.41) is 2.81. The molecule has 0 fully saturated rings. The van der Waals surface area contributed by atoms with Gasteiger partial charge in [0.25, 0.3) is 0 Å². The molecule has 0 saturated heterocycles. The quantitative estimate of drug-likeness (QED) is 0.738. The van der Waals surface area contributed by atoms with E-state index in [1.165, 1.54) is 4.31 Å². The average molecular weight is 343 g/mol. The second-order valence-corrected chi connectivity index (χ2v) is 6.88. The Kier molecular flexibility index (Phi) is 5.19. The minimum atomic E-state index is -0.518. The van der Waals surface area contributed by atoms with Crippen molar-refractivity contribution in [2.24, 2.45) is 5.73 Å². The van der Waals surface area contributed by atoms with Gasteiger partial charge in [0.2, 0.25) is 5.91 Å². The first kappa shape index (κ1) is 17.9. The molecule has 0 bridgehead atoms. The van der Waals surface area contributed by atoms with Crippen LogP contribution in [0.4, 0.5) is 16.2 Å². The topological polar surface area (TPSA) is 75.4 Å². The molecule has 6 heteroatoms. The Balaban J connectivity index is 2.13. The van der Waals surface area contributed by atoms with Gasteiger partial charge in [-0.2, -0.15) is 0 Å². The second kappa shape index (κ2) is 6.97. The fourth-order valence-corrected chi connectivity index (χ4v) is 2.31. The summed E-state index contributed by atoms with van der Waals surface area (Å²) in [6.45, 7) is 6.33. The monoisotopic (exact) mass is 343 g/mol. The number of urea groups is 1. The summed E-state index contributed by atoms with van der Waals surface area (Å²) in [4.78, 5) is 23.4. The van der Waals surface area contributed by atoms with E-state index >= 15 is 0 Å². The number of nitrogens with zero attached hydrogens (tertiary/aromatic N) is 1. The summed E-state index contributed by atoms with van der Waals surface area (Å²) in [5.74, 6) is -0.518. The molecule has 3 N–H and O–H groups in total. The number of amides is 3. The van der Waals surface area contributed by atoms with Crippen molar-refractivity contribution in [3.8, 4) is 0 Å². The van der Waals surface area contributed by atoms with E-state index in [0.717, 1.165) is 5.56 Å². The summed E-state index contributed by atoms with van der Waals surface area (Å²) >= 11 is 4.22. The van der Waals surface area contributed by atoms with Crippen molar-refractivity contribution in [3.05, 3.63) is 59.7 Å². The summed E-state index contributed by atoms with van der Waals surface area (Å²) < 4.78 is 1.18. The Morgan fingerprint density at radius 3 is 2.25 bits per heavy atom. The Hall–Kier alpha value is -2.47. The van der Waals surface area contributed by atoms with Gasteiger partial charge in [-0.1, -0.05) is 45.7 Å². The zero-order chi connectivity index (χ0) is 17.9. The van der Waals surface area contributed by atoms with Gasteiger partial charge in [0.15, 0.2) is 0 Å². The van der Waals surface area contributed by atoms with Gasteiger partial charge in [-0.05, 0) is 47.4 Å². The molecule has 24 heavy (non-hydrogen) atoms. The molecule has 0 aromatic heterocycles. The molecule has 2 aromatic carbocycles. The zero-order valence-corrected chi connectivity index (χ0v) is 14.8. The van der Waals surface area contributed by atoms with Crippen LogP contribution in [0.3, 0.4) is 0 Å². The lowest BCUT2D eigenvalue weighted by molar-refractivity contribution is 0.100. The van der Waals surface area contributed by atoms with Crippen molar-refractivity contribution in [2.45, 2.75) is 26.2 Å². The minimum Gasteiger partial charge on any atom is -0.366 e. The summed E-state index contributed by atoms with van der Waals surface area (Å²) in [6.07, 6.45) is 0. The van der Waals surface area contributed by atoms with Crippen molar-refractivity contribution in [3.63, 3.8) is 0 Å². The van der Waals surface area contributed by atoms with E-state index in [1.54, 1.807) is 24.3 Å². The highest BCUT2D eigenvalue weighted by Crippen LogP contribution is 2.25. The number of rotatable bonds is 3. The number of anilines is 2. The van der Waals surface area contributed by atoms with Crippen LogP contribution in [0.15, 0.2) is 48.5 Å². The molecule has 0 saturated carbocycles. The molecule has 2 rings (SSSR count). The Bertz CT molecular complexity index is 752. The highest BCUT2D eigenvalue weighted by Gasteiger charge is 2.16. The number of primary amides is 1. The van der Waals surface area contributed by atoms with Crippen LogP contribution in [0, 0.1) is 0 Å². The lowest BCUT2D eigenvalue weighted by Gasteiger charge is -2.21. The highest BCUT2D eigenvalue weighted by atomic mass is 32.1. The maximum atomic E-state index is 12.3. The number of thiol groups is 1. The van der Waals surface area contributed by atoms with Crippen LogP contribution in [-0.4, -0.2) is 11.9 Å². The van der Waals surface area contributed by atoms with Gasteiger partial charge in [0, 0.05) is 11.3 Å². The molecule has 0 heterocycles. The van der Waals surface area contributed by atoms with Crippen LogP contribution in [0.25, 0.3) is 0 Å². The van der Waals surface area contributed by atoms with Gasteiger partial charge in [0.05, 0.1) is 5.69 Å². The summed E-state index contributed by atoms with van der Waals surface area (Å²) in [6, 6.07) is 13.6. The van der Waals surface area contributed by atoms with Crippen LogP contribution >= 0.6 is 12.8 Å². The number of benzene rings is 2. The van der Waals surface area contributed by atoms with E-state index in [0.29, 0.717) is 16.9 Å². The summed E-state index contributed by atoms with van der Waals surface area (Å²) in [7, 11) is 0. The molecule has 0 radical (unpaired) electrons. The molecular weight excluding hydrogens is 322 g/mol. The average Bonchev–Trinajstić information content (AvgIpc) is 2.53. The van der Waals surface area contributed by atoms with E-state index in [1.807, 2.05) is 24.3 Å². The van der Waals surface area contributed by atoms with E-state index < -0.39 is 11.9 Å². The molecular formula is C18H21N3O2S. The lowest BCUT2D eigenvalue weighted by Crippen LogP contribution is -2.27. The molecule has 0 spiro atoms. The van der Waals surface area contributed by atoms with Crippen LogP contribution in [0.1, 0.15) is 36.7 Å². The van der Waals surface area contributed by atoms with E-state index in [9.17, 15) is 9.59 Å². The largest absolute Gasteiger partial charge is 0.366 e. The fraction of sp³-hybridized carbons (Fsp3) is 0.222. The van der Waals surface area contributed by atoms with Gasteiger partial charge in [-0.15, -0.1) is 0 Å². The normalized spacial score (nSPS) is 11.0. The highest BCUT2D eigenvalue weighted by molar-refractivity contribution is 7.82. The summed E-state index contributed by atoms with van der Waals surface area (Å²) in [5.41, 5.74) is 7.92. The third-order valence-electron chi connectivity index (χ3n) is 3.57. The Morgan fingerprint density at radius 2 is 1.71 bits per heavy atom. The molecule has 2 aromatic rings. The lowest BCUT2D eigenvalue weighted by atomic mass is 9.87. The fourth-order valence-electron chi connectivity index (χ4n) is 2.12. The molecule has 0 atom stereocenters. The number of nitrogens with two attached hydrogens (primary N) is 1. The van der Waals surface area contributed by atoms with Gasteiger partial charge in [0.1, 0.15) is 0 Å². The van der Waals surface area contributed by atoms with Crippen molar-refractivity contribution < 1.29 is 9.59 Å². The number of hydrogen-bond acceptors (Lipinski definition) is 3. The smallest absolute Gasteiger partial charge is 0.336 e. The predicted octanol–water partition coefficient (Wildman–Crippen LogP) is 3.97. The van der Waals surface area contributed by atoms with Gasteiger partial charge < -0.3 is 11.1 Å². The van der Waals surface area contributed by atoms with Crippen molar-refractivity contribution >= 4 is 36.1 Å². The van der Waals surface area contributed by atoms with Gasteiger partial charge >= 0.3 is 6.03 Å². The van der Waals surface area contributed by atoms with Crippen molar-refractivity contribution in [1.82, 2.24) is 0 Å². The first-order valence-corrected chi connectivity index (χ1v) is 7.89. The third kappa shape index (κ3) is 4.29.